The Morgan fingerprint density at radius 1 is 0.943 bits per heavy atom. The molecule has 0 bridgehead atoms. The average molecular weight is 523 g/mol. The van der Waals surface area contributed by atoms with Gasteiger partial charge in [-0.2, -0.15) is 21.6 Å². The maximum Gasteiger partial charge on any atom is 0.522 e. The molecule has 0 unspecified atom stereocenters. The van der Waals surface area contributed by atoms with Crippen molar-refractivity contribution in [3.8, 4) is 0 Å². The zero-order chi connectivity index (χ0) is 25.6. The first kappa shape index (κ1) is 26.5. The van der Waals surface area contributed by atoms with Crippen LogP contribution in [0.4, 0.5) is 18.9 Å². The van der Waals surface area contributed by atoms with Crippen LogP contribution in [0.3, 0.4) is 0 Å². The molecule has 4 rings (SSSR count). The Balaban J connectivity index is 0.000000371. The summed E-state index contributed by atoms with van der Waals surface area (Å²) in [6.45, 7) is 3.02. The molecule has 0 radical (unpaired) electrons. The molecule has 0 saturated carbocycles. The van der Waals surface area contributed by atoms with Crippen LogP contribution < -0.4 is 5.36 Å². The van der Waals surface area contributed by atoms with E-state index in [0.29, 0.717) is 0 Å². The Labute approximate surface area is 205 Å². The number of hydrogen-bond donors (Lipinski definition) is 1. The Bertz CT molecular complexity index is 1470. The molecule has 0 aliphatic rings. The number of benzene rings is 3. The van der Waals surface area contributed by atoms with Gasteiger partial charge < -0.3 is 4.57 Å². The Morgan fingerprint density at radius 3 is 2.11 bits per heavy atom. The zero-order valence-corrected chi connectivity index (χ0v) is 20.1. The highest BCUT2D eigenvalue weighted by Crippen LogP contribution is 2.21. The van der Waals surface area contributed by atoms with E-state index in [0.717, 1.165) is 39.9 Å². The summed E-state index contributed by atoms with van der Waals surface area (Å²) >= 11 is 6.20. The average Bonchev–Trinajstić information content (AvgIpc) is 2.80. The lowest BCUT2D eigenvalue weighted by atomic mass is 10.0. The lowest BCUT2D eigenvalue weighted by molar-refractivity contribution is -0.0510. The first-order chi connectivity index (χ1) is 16.5. The van der Waals surface area contributed by atoms with Crippen molar-refractivity contribution >= 4 is 38.3 Å². The van der Waals surface area contributed by atoms with Crippen molar-refractivity contribution in [2.75, 3.05) is 0 Å². The van der Waals surface area contributed by atoms with Crippen LogP contribution in [0.1, 0.15) is 18.1 Å². The van der Waals surface area contributed by atoms with E-state index in [1.54, 1.807) is 0 Å². The number of rotatable bonds is 4. The van der Waals surface area contributed by atoms with E-state index in [1.165, 1.54) is 11.1 Å². The van der Waals surface area contributed by atoms with E-state index in [4.69, 9.17) is 29.6 Å². The van der Waals surface area contributed by atoms with Crippen LogP contribution in [-0.2, 0) is 23.1 Å². The van der Waals surface area contributed by atoms with Gasteiger partial charge in [-0.1, -0.05) is 54.1 Å². The molecule has 184 valence electrons. The van der Waals surface area contributed by atoms with Gasteiger partial charge in [0.25, 0.3) is 0 Å². The quantitative estimate of drug-likeness (QED) is 0.244. The van der Waals surface area contributed by atoms with Crippen LogP contribution in [-0.4, -0.2) is 23.0 Å². The van der Waals surface area contributed by atoms with Gasteiger partial charge in [-0.25, -0.2) is 4.99 Å². The van der Waals surface area contributed by atoms with Gasteiger partial charge in [-0.05, 0) is 60.9 Å². The molecule has 3 aromatic carbocycles. The molecule has 4 aromatic rings. The van der Waals surface area contributed by atoms with E-state index in [2.05, 4.69) is 72.3 Å². The predicted octanol–water partition coefficient (Wildman–Crippen LogP) is 6.53. The minimum absolute atomic E-state index is 0.743. The molecular weight excluding hydrogens is 501 g/mol. The van der Waals surface area contributed by atoms with Gasteiger partial charge >= 0.3 is 15.6 Å². The van der Waals surface area contributed by atoms with Crippen molar-refractivity contribution in [2.24, 2.45) is 4.99 Å². The molecule has 0 atom stereocenters. The first-order valence-corrected chi connectivity index (χ1v) is 12.3. The third-order valence-corrected chi connectivity index (χ3v) is 5.85. The van der Waals surface area contributed by atoms with Crippen molar-refractivity contribution in [1.29, 1.82) is 0 Å². The highest BCUT2D eigenvalue weighted by atomic mass is 35.5. The number of hydrogen-bond acceptors (Lipinski definition) is 3. The molecule has 0 amide bonds. The maximum atomic E-state index is 10.7. The van der Waals surface area contributed by atoms with E-state index < -0.39 is 15.6 Å². The van der Waals surface area contributed by atoms with Crippen LogP contribution >= 0.6 is 11.6 Å². The van der Waals surface area contributed by atoms with E-state index in [9.17, 15) is 13.2 Å². The number of nitrogens with zero attached hydrogens (tertiary/aromatic N) is 2. The number of aromatic nitrogens is 1. The van der Waals surface area contributed by atoms with Crippen LogP contribution in [0.2, 0.25) is 5.02 Å². The second kappa shape index (κ2) is 11.1. The molecular formula is C25H22ClF3N2O3S. The van der Waals surface area contributed by atoms with E-state index in [1.807, 2.05) is 24.3 Å². The summed E-state index contributed by atoms with van der Waals surface area (Å²) in [6, 6.07) is 27.0. The second-order valence-electron chi connectivity index (χ2n) is 7.51. The fourth-order valence-corrected chi connectivity index (χ4v) is 3.49. The van der Waals surface area contributed by atoms with Crippen molar-refractivity contribution in [3.63, 3.8) is 0 Å². The summed E-state index contributed by atoms with van der Waals surface area (Å²) in [6.07, 6.45) is 3.01. The predicted molar refractivity (Wildman–Crippen MR) is 131 cm³/mol. The maximum absolute atomic E-state index is 10.7. The van der Waals surface area contributed by atoms with Crippen LogP contribution in [0.25, 0.3) is 10.9 Å². The molecule has 1 N–H and O–H groups in total. The van der Waals surface area contributed by atoms with Gasteiger partial charge in [0.2, 0.25) is 0 Å². The second-order valence-corrected chi connectivity index (χ2v) is 9.36. The zero-order valence-electron chi connectivity index (χ0n) is 18.6. The molecule has 0 aliphatic carbocycles. The fourth-order valence-electron chi connectivity index (χ4n) is 3.32. The van der Waals surface area contributed by atoms with Crippen molar-refractivity contribution in [3.05, 3.63) is 107 Å². The van der Waals surface area contributed by atoms with Gasteiger partial charge in [0.15, 0.2) is 0 Å². The fraction of sp³-hybridized carbons (Fsp3) is 0.160. The summed E-state index contributed by atoms with van der Waals surface area (Å²) in [7, 11) is -5.84. The molecule has 10 heteroatoms. The summed E-state index contributed by atoms with van der Waals surface area (Å²) in [5, 5.41) is 2.81. The Hall–Kier alpha value is -3.14. The molecule has 0 fully saturated rings. The molecule has 1 aromatic heterocycles. The van der Waals surface area contributed by atoms with Crippen molar-refractivity contribution < 1.29 is 26.1 Å². The van der Waals surface area contributed by atoms with Gasteiger partial charge in [0.05, 0.1) is 16.6 Å². The third-order valence-electron chi connectivity index (χ3n) is 5.03. The molecule has 5 nitrogen and oxygen atoms in total. The van der Waals surface area contributed by atoms with Gasteiger partial charge in [-0.3, -0.25) is 4.55 Å². The number of alkyl halides is 3. The van der Waals surface area contributed by atoms with Gasteiger partial charge in [0, 0.05) is 23.2 Å². The summed E-state index contributed by atoms with van der Waals surface area (Å²) in [4.78, 5) is 4.87. The molecule has 1 heterocycles. The minimum atomic E-state index is -5.84. The smallest absolute Gasteiger partial charge is 0.348 e. The van der Waals surface area contributed by atoms with Crippen molar-refractivity contribution in [1.82, 2.24) is 4.57 Å². The first-order valence-electron chi connectivity index (χ1n) is 10.5. The third kappa shape index (κ3) is 7.17. The number of halogens is 4. The Morgan fingerprint density at radius 2 is 1.54 bits per heavy atom. The Kier molecular flexibility index (Phi) is 8.37. The normalized spacial score (nSPS) is 12.3. The minimum Gasteiger partial charge on any atom is -0.348 e. The topological polar surface area (TPSA) is 71.7 Å². The number of aryl methyl sites for hydroxylation is 1. The van der Waals surface area contributed by atoms with E-state index in [-0.39, 0.29) is 0 Å². The summed E-state index contributed by atoms with van der Waals surface area (Å²) in [5.74, 6) is 0. The van der Waals surface area contributed by atoms with Crippen LogP contribution in [0.15, 0.2) is 90.1 Å². The highest BCUT2D eigenvalue weighted by molar-refractivity contribution is 7.86. The standard InChI is InChI=1S/C24H21ClN2.CHF3O3S/c1-2-27-15-14-23(22-13-10-20(25)17-24(22)27)26-21-11-8-19(9-12-21)16-18-6-4-3-5-7-18;2-1(3,4)8(5,6)7/h3-15,17H,2,16H2,1H3;(H,5,6,7). The number of fused-ring (bicyclic) bond motifs is 1. The van der Waals surface area contributed by atoms with Gasteiger partial charge in [-0.15, -0.1) is 0 Å². The lowest BCUT2D eigenvalue weighted by Crippen LogP contribution is -2.21. The van der Waals surface area contributed by atoms with Crippen LogP contribution in [0.5, 0.6) is 0 Å². The van der Waals surface area contributed by atoms with Gasteiger partial charge in [0.1, 0.15) is 0 Å². The highest BCUT2D eigenvalue weighted by Gasteiger charge is 2.44. The SMILES string of the molecule is CCn1ccc(=Nc2ccc(Cc3ccccc3)cc2)c2ccc(Cl)cc21.O=S(=O)(O)C(F)(F)F. The molecule has 35 heavy (non-hydrogen) atoms. The molecule has 0 aliphatic heterocycles. The molecule has 0 saturated heterocycles. The van der Waals surface area contributed by atoms with Crippen molar-refractivity contribution in [2.45, 2.75) is 25.4 Å². The lowest BCUT2D eigenvalue weighted by Gasteiger charge is -2.09. The largest absolute Gasteiger partial charge is 0.522 e. The summed E-state index contributed by atoms with van der Waals surface area (Å²) in [5.41, 5.74) is -0.873. The molecule has 0 spiro atoms. The number of pyridine rings is 1. The monoisotopic (exact) mass is 522 g/mol. The van der Waals surface area contributed by atoms with Crippen LogP contribution in [0, 0.1) is 0 Å². The summed E-state index contributed by atoms with van der Waals surface area (Å²) < 4.78 is 59.7. The van der Waals surface area contributed by atoms with E-state index >= 15 is 0 Å².